The molecule has 2 amide bonds. The summed E-state index contributed by atoms with van der Waals surface area (Å²) in [6.45, 7) is 7.67. The number of hydrogen-bond donors (Lipinski definition) is 3. The molecular weight excluding hydrogens is 328 g/mol. The number of rotatable bonds is 15. The van der Waals surface area contributed by atoms with Gasteiger partial charge in [0.2, 0.25) is 11.8 Å². The van der Waals surface area contributed by atoms with Gasteiger partial charge in [0.15, 0.2) is 6.17 Å². The van der Waals surface area contributed by atoms with Gasteiger partial charge in [-0.3, -0.25) is 9.59 Å². The van der Waals surface area contributed by atoms with Crippen molar-refractivity contribution in [1.29, 1.82) is 0 Å². The average Bonchev–Trinajstić information content (AvgIpc) is 2.56. The highest BCUT2D eigenvalue weighted by Crippen LogP contribution is 2.06. The first-order chi connectivity index (χ1) is 12.2. The number of nitrogens with one attached hydrogen (secondary N) is 3. The first-order valence-electron chi connectivity index (χ1n) is 10.3. The Bertz CT molecular complexity index is 394. The summed E-state index contributed by atoms with van der Waals surface area (Å²) in [5.41, 5.74) is 0. The third-order valence-electron chi connectivity index (χ3n) is 4.56. The topological polar surface area (TPSA) is 70.2 Å². The molecule has 2 unspecified atom stereocenters. The van der Waals surface area contributed by atoms with Crippen LogP contribution < -0.4 is 16.0 Å². The van der Waals surface area contributed by atoms with E-state index in [0.717, 1.165) is 6.54 Å². The highest BCUT2D eigenvalue weighted by molar-refractivity contribution is 5.77. The van der Waals surface area contributed by atoms with Crippen LogP contribution in [0, 0.1) is 0 Å². The number of amides is 2. The zero-order valence-corrected chi connectivity index (χ0v) is 18.0. The molecule has 0 aliphatic rings. The van der Waals surface area contributed by atoms with Gasteiger partial charge in [0.25, 0.3) is 0 Å². The van der Waals surface area contributed by atoms with Crippen molar-refractivity contribution in [2.24, 2.45) is 0 Å². The van der Waals surface area contributed by atoms with Gasteiger partial charge in [-0.2, -0.15) is 0 Å². The fraction of sp³-hybridized carbons (Fsp3) is 0.900. The summed E-state index contributed by atoms with van der Waals surface area (Å²) < 4.78 is 0.558. The van der Waals surface area contributed by atoms with E-state index in [1.807, 2.05) is 35.0 Å². The zero-order chi connectivity index (χ0) is 20.0. The fourth-order valence-corrected chi connectivity index (χ4v) is 3.02. The SMILES string of the molecule is CCCCCCCCNCCC(=O)NC(C(C)NC(=O)CC)[N+](C)(C)C. The van der Waals surface area contributed by atoms with E-state index in [9.17, 15) is 9.59 Å². The van der Waals surface area contributed by atoms with E-state index in [1.54, 1.807) is 0 Å². The molecule has 0 aliphatic carbocycles. The van der Waals surface area contributed by atoms with Crippen LogP contribution in [0.15, 0.2) is 0 Å². The van der Waals surface area contributed by atoms with E-state index >= 15 is 0 Å². The maximum atomic E-state index is 12.3. The second kappa shape index (κ2) is 14.0. The van der Waals surface area contributed by atoms with E-state index in [1.165, 1.54) is 38.5 Å². The van der Waals surface area contributed by atoms with E-state index in [2.05, 4.69) is 22.9 Å². The molecule has 0 aromatic carbocycles. The number of likely N-dealkylation sites (N-methyl/N-ethyl adjacent to an activating group) is 1. The van der Waals surface area contributed by atoms with Gasteiger partial charge in [0.1, 0.15) is 0 Å². The van der Waals surface area contributed by atoms with E-state index in [4.69, 9.17) is 0 Å². The van der Waals surface area contributed by atoms with Crippen LogP contribution in [0.5, 0.6) is 0 Å². The molecule has 2 atom stereocenters. The highest BCUT2D eigenvalue weighted by atomic mass is 16.2. The molecule has 0 fully saturated rings. The number of carbonyl (C=O) groups excluding carboxylic acids is 2. The molecule has 0 radical (unpaired) electrons. The van der Waals surface area contributed by atoms with Gasteiger partial charge >= 0.3 is 0 Å². The number of quaternary nitrogens is 1. The Labute approximate surface area is 161 Å². The van der Waals surface area contributed by atoms with Crippen LogP contribution in [-0.4, -0.2) is 62.7 Å². The molecule has 26 heavy (non-hydrogen) atoms. The van der Waals surface area contributed by atoms with Crippen molar-refractivity contribution < 1.29 is 14.1 Å². The third-order valence-corrected chi connectivity index (χ3v) is 4.56. The summed E-state index contributed by atoms with van der Waals surface area (Å²) in [7, 11) is 6.07. The minimum Gasteiger partial charge on any atom is -0.346 e. The Balaban J connectivity index is 4.09. The molecule has 6 heteroatoms. The lowest BCUT2D eigenvalue weighted by Gasteiger charge is -2.38. The minimum atomic E-state index is -0.156. The lowest BCUT2D eigenvalue weighted by molar-refractivity contribution is -0.899. The van der Waals surface area contributed by atoms with Gasteiger partial charge in [-0.05, 0) is 19.9 Å². The van der Waals surface area contributed by atoms with Crippen molar-refractivity contribution in [3.05, 3.63) is 0 Å². The van der Waals surface area contributed by atoms with Crippen LogP contribution in [0.1, 0.15) is 72.1 Å². The van der Waals surface area contributed by atoms with Gasteiger partial charge in [-0.15, -0.1) is 0 Å². The van der Waals surface area contributed by atoms with Crippen LogP contribution in [0.25, 0.3) is 0 Å². The Morgan fingerprint density at radius 1 is 0.846 bits per heavy atom. The summed E-state index contributed by atoms with van der Waals surface area (Å²) in [5, 5.41) is 9.41. The third kappa shape index (κ3) is 12.3. The van der Waals surface area contributed by atoms with Crippen LogP contribution in [0.2, 0.25) is 0 Å². The van der Waals surface area contributed by atoms with E-state index < -0.39 is 0 Å². The molecule has 0 aromatic rings. The predicted molar refractivity (Wildman–Crippen MR) is 109 cm³/mol. The van der Waals surface area contributed by atoms with Crippen LogP contribution in [0.4, 0.5) is 0 Å². The van der Waals surface area contributed by atoms with Gasteiger partial charge < -0.3 is 20.4 Å². The van der Waals surface area contributed by atoms with Crippen molar-refractivity contribution >= 4 is 11.8 Å². The lowest BCUT2D eigenvalue weighted by Crippen LogP contribution is -2.64. The van der Waals surface area contributed by atoms with Crippen molar-refractivity contribution in [3.63, 3.8) is 0 Å². The molecule has 6 nitrogen and oxygen atoms in total. The first-order valence-corrected chi connectivity index (χ1v) is 10.3. The van der Waals surface area contributed by atoms with Gasteiger partial charge in [-0.25, -0.2) is 0 Å². The van der Waals surface area contributed by atoms with Crippen molar-refractivity contribution in [2.75, 3.05) is 34.2 Å². The molecule has 0 aliphatic heterocycles. The zero-order valence-electron chi connectivity index (χ0n) is 18.0. The summed E-state index contributed by atoms with van der Waals surface area (Å²) in [4.78, 5) is 23.9. The molecule has 0 saturated carbocycles. The number of unbranched alkanes of at least 4 members (excludes halogenated alkanes) is 5. The minimum absolute atomic E-state index is 0.00537. The van der Waals surface area contributed by atoms with Crippen molar-refractivity contribution in [3.8, 4) is 0 Å². The molecule has 154 valence electrons. The average molecular weight is 372 g/mol. The van der Waals surface area contributed by atoms with Crippen molar-refractivity contribution in [2.45, 2.75) is 84.3 Å². The lowest BCUT2D eigenvalue weighted by atomic mass is 10.1. The maximum Gasteiger partial charge on any atom is 0.225 e. The second-order valence-electron chi connectivity index (χ2n) is 8.11. The quantitative estimate of drug-likeness (QED) is 0.235. The summed E-state index contributed by atoms with van der Waals surface area (Å²) >= 11 is 0. The Kier molecular flexibility index (Phi) is 13.4. The van der Waals surface area contributed by atoms with Gasteiger partial charge in [0, 0.05) is 19.4 Å². The molecule has 0 heterocycles. The molecule has 0 spiro atoms. The Morgan fingerprint density at radius 3 is 2.04 bits per heavy atom. The Hall–Kier alpha value is -1.14. The van der Waals surface area contributed by atoms with E-state index in [0.29, 0.717) is 23.9 Å². The summed E-state index contributed by atoms with van der Waals surface area (Å²) in [5.74, 6) is 0.0295. The van der Waals surface area contributed by atoms with Gasteiger partial charge in [0.05, 0.1) is 27.2 Å². The van der Waals surface area contributed by atoms with Crippen LogP contribution >= 0.6 is 0 Å². The molecule has 0 rings (SSSR count). The van der Waals surface area contributed by atoms with Crippen LogP contribution in [-0.2, 0) is 9.59 Å². The van der Waals surface area contributed by atoms with E-state index in [-0.39, 0.29) is 24.0 Å². The smallest absolute Gasteiger partial charge is 0.225 e. The number of nitrogens with zero attached hydrogens (tertiary/aromatic N) is 1. The van der Waals surface area contributed by atoms with Gasteiger partial charge in [-0.1, -0.05) is 46.0 Å². The molecule has 0 saturated heterocycles. The van der Waals surface area contributed by atoms with Crippen molar-refractivity contribution in [1.82, 2.24) is 16.0 Å². The molecular formula is C20H43N4O2+. The summed E-state index contributed by atoms with van der Waals surface area (Å²) in [6, 6.07) is -0.123. The standard InChI is InChI=1S/C20H42N4O2/c1-7-9-10-11-12-13-15-21-16-14-19(26)23-20(24(4,5)6)17(3)22-18(25)8-2/h17,20-21H,7-16H2,1-6H3,(H-,22,23,25,26)/p+1. The maximum absolute atomic E-state index is 12.3. The monoisotopic (exact) mass is 371 g/mol. The largest absolute Gasteiger partial charge is 0.346 e. The second-order valence-corrected chi connectivity index (χ2v) is 8.11. The molecule has 3 N–H and O–H groups in total. The highest BCUT2D eigenvalue weighted by Gasteiger charge is 2.31. The summed E-state index contributed by atoms with van der Waals surface area (Å²) in [6.07, 6.45) is 8.44. The molecule has 0 aromatic heterocycles. The predicted octanol–water partition coefficient (Wildman–Crippen LogP) is 2.39. The van der Waals surface area contributed by atoms with Crippen LogP contribution in [0.3, 0.4) is 0 Å². The number of hydrogen-bond acceptors (Lipinski definition) is 3. The normalized spacial score (nSPS) is 13.9. The first kappa shape index (κ1) is 24.9. The fourth-order valence-electron chi connectivity index (χ4n) is 3.02. The molecule has 0 bridgehead atoms. The number of carbonyl (C=O) groups is 2. The Morgan fingerprint density at radius 2 is 1.46 bits per heavy atom.